The Hall–Kier alpha value is -2.01. The van der Waals surface area contributed by atoms with E-state index in [9.17, 15) is 9.90 Å². The van der Waals surface area contributed by atoms with Crippen molar-refractivity contribution in [3.8, 4) is 0 Å². The lowest BCUT2D eigenvalue weighted by Gasteiger charge is -2.22. The number of ether oxygens (including phenoxy) is 1. The lowest BCUT2D eigenvalue weighted by Crippen LogP contribution is -2.42. The molecule has 114 valence electrons. The molecule has 5 nitrogen and oxygen atoms in total. The zero-order chi connectivity index (χ0) is 15.5. The quantitative estimate of drug-likeness (QED) is 0.908. The van der Waals surface area contributed by atoms with Gasteiger partial charge in [-0.05, 0) is 33.3 Å². The number of fused-ring (bicyclic) bond motifs is 1. The third-order valence-electron chi connectivity index (χ3n) is 2.97. The summed E-state index contributed by atoms with van der Waals surface area (Å²) in [5, 5.41) is 13.1. The van der Waals surface area contributed by atoms with Crippen molar-refractivity contribution in [2.45, 2.75) is 38.8 Å². The van der Waals surface area contributed by atoms with E-state index in [0.717, 1.165) is 16.5 Å². The summed E-state index contributed by atoms with van der Waals surface area (Å²) in [6, 6.07) is 7.25. The SMILES string of the molecule is CC(C)(C)OC(=O)NC(CO)Cc1coc2ccccc12. The molecule has 21 heavy (non-hydrogen) atoms. The average Bonchev–Trinajstić information content (AvgIpc) is 2.79. The summed E-state index contributed by atoms with van der Waals surface area (Å²) in [7, 11) is 0. The van der Waals surface area contributed by atoms with Crippen molar-refractivity contribution >= 4 is 17.1 Å². The number of nitrogens with one attached hydrogen (secondary N) is 1. The van der Waals surface area contributed by atoms with Crippen molar-refractivity contribution in [3.63, 3.8) is 0 Å². The van der Waals surface area contributed by atoms with Gasteiger partial charge < -0.3 is 19.6 Å². The van der Waals surface area contributed by atoms with Gasteiger partial charge >= 0.3 is 6.09 Å². The molecule has 5 heteroatoms. The summed E-state index contributed by atoms with van der Waals surface area (Å²) in [6.45, 7) is 5.22. The Morgan fingerprint density at radius 1 is 1.38 bits per heavy atom. The summed E-state index contributed by atoms with van der Waals surface area (Å²) in [6.07, 6.45) is 1.60. The number of aliphatic hydroxyl groups is 1. The molecule has 0 saturated carbocycles. The Balaban J connectivity index is 2.04. The van der Waals surface area contributed by atoms with E-state index in [2.05, 4.69) is 5.32 Å². The van der Waals surface area contributed by atoms with E-state index in [1.807, 2.05) is 24.3 Å². The van der Waals surface area contributed by atoms with Gasteiger partial charge in [0.05, 0.1) is 18.9 Å². The van der Waals surface area contributed by atoms with Gasteiger partial charge in [0, 0.05) is 10.9 Å². The average molecular weight is 291 g/mol. The molecule has 0 aliphatic carbocycles. The third-order valence-corrected chi connectivity index (χ3v) is 2.97. The number of aliphatic hydroxyl groups excluding tert-OH is 1. The van der Waals surface area contributed by atoms with E-state index in [1.165, 1.54) is 0 Å². The first-order valence-electron chi connectivity index (χ1n) is 6.94. The van der Waals surface area contributed by atoms with Gasteiger partial charge in [-0.2, -0.15) is 0 Å². The third kappa shape index (κ3) is 4.23. The van der Waals surface area contributed by atoms with Crippen molar-refractivity contribution in [1.82, 2.24) is 5.32 Å². The van der Waals surface area contributed by atoms with Gasteiger partial charge in [0.2, 0.25) is 0 Å². The number of carbonyl (C=O) groups excluding carboxylic acids is 1. The molecule has 1 aromatic carbocycles. The first-order chi connectivity index (χ1) is 9.89. The number of benzene rings is 1. The minimum absolute atomic E-state index is 0.168. The van der Waals surface area contributed by atoms with E-state index >= 15 is 0 Å². The van der Waals surface area contributed by atoms with E-state index in [-0.39, 0.29) is 6.61 Å². The van der Waals surface area contributed by atoms with Crippen LogP contribution in [0.5, 0.6) is 0 Å². The number of carbonyl (C=O) groups is 1. The molecule has 0 radical (unpaired) electrons. The molecule has 1 amide bonds. The monoisotopic (exact) mass is 291 g/mol. The van der Waals surface area contributed by atoms with Crippen LogP contribution in [0.1, 0.15) is 26.3 Å². The highest BCUT2D eigenvalue weighted by Crippen LogP contribution is 2.22. The number of rotatable bonds is 4. The second-order valence-corrected chi connectivity index (χ2v) is 5.99. The predicted octanol–water partition coefficient (Wildman–Crippen LogP) is 2.86. The maximum atomic E-state index is 11.8. The molecule has 1 unspecified atom stereocenters. The molecule has 2 aromatic rings. The first kappa shape index (κ1) is 15.4. The fourth-order valence-electron chi connectivity index (χ4n) is 2.09. The Labute approximate surface area is 123 Å². The van der Waals surface area contributed by atoms with Gasteiger partial charge in [-0.25, -0.2) is 4.79 Å². The number of para-hydroxylation sites is 1. The molecular formula is C16H21NO4. The van der Waals surface area contributed by atoms with Crippen LogP contribution in [0.15, 0.2) is 34.9 Å². The van der Waals surface area contributed by atoms with Gasteiger partial charge in [-0.15, -0.1) is 0 Å². The summed E-state index contributed by atoms with van der Waals surface area (Å²) < 4.78 is 10.6. The summed E-state index contributed by atoms with van der Waals surface area (Å²) in [5.41, 5.74) is 1.18. The summed E-state index contributed by atoms with van der Waals surface area (Å²) in [5.74, 6) is 0. The largest absolute Gasteiger partial charge is 0.464 e. The summed E-state index contributed by atoms with van der Waals surface area (Å²) in [4.78, 5) is 11.8. The van der Waals surface area contributed by atoms with Gasteiger partial charge in [0.25, 0.3) is 0 Å². The Bertz CT molecular complexity index is 612. The van der Waals surface area contributed by atoms with E-state index < -0.39 is 17.7 Å². The molecule has 2 N–H and O–H groups in total. The molecule has 0 spiro atoms. The molecule has 2 rings (SSSR count). The number of alkyl carbamates (subject to hydrolysis) is 1. The number of hydrogen-bond donors (Lipinski definition) is 2. The molecule has 0 bridgehead atoms. The van der Waals surface area contributed by atoms with Crippen molar-refractivity contribution in [1.29, 1.82) is 0 Å². The van der Waals surface area contributed by atoms with Gasteiger partial charge in [0.15, 0.2) is 0 Å². The van der Waals surface area contributed by atoms with Crippen LogP contribution >= 0.6 is 0 Å². The van der Waals surface area contributed by atoms with E-state index in [4.69, 9.17) is 9.15 Å². The molecule has 0 fully saturated rings. The van der Waals surface area contributed by atoms with Crippen LogP contribution in [0.2, 0.25) is 0 Å². The van der Waals surface area contributed by atoms with Gasteiger partial charge in [0.1, 0.15) is 11.2 Å². The molecule has 0 saturated heterocycles. The maximum absolute atomic E-state index is 11.8. The van der Waals surface area contributed by atoms with Gasteiger partial charge in [-0.1, -0.05) is 18.2 Å². The van der Waals surface area contributed by atoms with E-state index in [0.29, 0.717) is 6.42 Å². The van der Waals surface area contributed by atoms with E-state index in [1.54, 1.807) is 27.0 Å². The number of amides is 1. The van der Waals surface area contributed by atoms with Crippen LogP contribution in [-0.4, -0.2) is 29.4 Å². The van der Waals surface area contributed by atoms with Crippen LogP contribution in [0, 0.1) is 0 Å². The van der Waals surface area contributed by atoms with Crippen LogP contribution in [0.25, 0.3) is 11.0 Å². The lowest BCUT2D eigenvalue weighted by atomic mass is 10.1. The molecule has 0 aliphatic rings. The van der Waals surface area contributed by atoms with Crippen LogP contribution in [0.3, 0.4) is 0 Å². The molecule has 1 atom stereocenters. The Morgan fingerprint density at radius 2 is 2.10 bits per heavy atom. The first-order valence-corrected chi connectivity index (χ1v) is 6.94. The zero-order valence-corrected chi connectivity index (χ0v) is 12.6. The topological polar surface area (TPSA) is 71.7 Å². The van der Waals surface area contributed by atoms with Crippen LogP contribution in [-0.2, 0) is 11.2 Å². The van der Waals surface area contributed by atoms with Crippen molar-refractivity contribution < 1.29 is 19.1 Å². The van der Waals surface area contributed by atoms with Crippen molar-refractivity contribution in [3.05, 3.63) is 36.1 Å². The second-order valence-electron chi connectivity index (χ2n) is 5.99. The highest BCUT2D eigenvalue weighted by molar-refractivity contribution is 5.81. The Morgan fingerprint density at radius 3 is 2.76 bits per heavy atom. The minimum Gasteiger partial charge on any atom is -0.464 e. The fraction of sp³-hybridized carbons (Fsp3) is 0.438. The minimum atomic E-state index is -0.563. The lowest BCUT2D eigenvalue weighted by molar-refractivity contribution is 0.0483. The van der Waals surface area contributed by atoms with Crippen LogP contribution in [0.4, 0.5) is 4.79 Å². The van der Waals surface area contributed by atoms with Gasteiger partial charge in [-0.3, -0.25) is 0 Å². The van der Waals surface area contributed by atoms with Crippen molar-refractivity contribution in [2.75, 3.05) is 6.61 Å². The standard InChI is InChI=1S/C16H21NO4/c1-16(2,3)21-15(19)17-12(9-18)8-11-10-20-14-7-5-4-6-13(11)14/h4-7,10,12,18H,8-9H2,1-3H3,(H,17,19). The highest BCUT2D eigenvalue weighted by Gasteiger charge is 2.20. The molecular weight excluding hydrogens is 270 g/mol. The number of furan rings is 1. The summed E-state index contributed by atoms with van der Waals surface area (Å²) >= 11 is 0. The predicted molar refractivity (Wildman–Crippen MR) is 80.2 cm³/mol. The molecule has 0 aliphatic heterocycles. The van der Waals surface area contributed by atoms with Crippen molar-refractivity contribution in [2.24, 2.45) is 0 Å². The molecule has 1 aromatic heterocycles. The zero-order valence-electron chi connectivity index (χ0n) is 12.6. The highest BCUT2D eigenvalue weighted by atomic mass is 16.6. The smallest absolute Gasteiger partial charge is 0.407 e. The Kier molecular flexibility index (Phi) is 4.53. The number of hydrogen-bond acceptors (Lipinski definition) is 4. The normalized spacial score (nSPS) is 13.1. The maximum Gasteiger partial charge on any atom is 0.407 e. The molecule has 1 heterocycles. The fourth-order valence-corrected chi connectivity index (χ4v) is 2.09. The second kappa shape index (κ2) is 6.18. The van der Waals surface area contributed by atoms with Crippen LogP contribution < -0.4 is 5.32 Å².